The van der Waals surface area contributed by atoms with E-state index in [0.29, 0.717) is 0 Å². The van der Waals surface area contributed by atoms with Crippen LogP contribution in [0.2, 0.25) is 0 Å². The van der Waals surface area contributed by atoms with Crippen LogP contribution in [0.1, 0.15) is 158 Å². The molecule has 0 aliphatic heterocycles. The first kappa shape index (κ1) is 42.6. The van der Waals surface area contributed by atoms with E-state index in [1.54, 1.807) is 0 Å². The molecule has 1 N–H and O–H groups in total. The van der Waals surface area contributed by atoms with Gasteiger partial charge >= 0.3 is 0 Å². The summed E-state index contributed by atoms with van der Waals surface area (Å²) in [4.78, 5) is 4.35. The quantitative estimate of drug-likeness (QED) is 0.120. The molecule has 0 saturated heterocycles. The lowest BCUT2D eigenvalue weighted by molar-refractivity contribution is 0.235. The van der Waals surface area contributed by atoms with Crippen LogP contribution in [0, 0.1) is 17.2 Å². The minimum absolute atomic E-state index is 0.725. The van der Waals surface area contributed by atoms with E-state index >= 15 is 0 Å². The lowest BCUT2D eigenvalue weighted by Crippen LogP contribution is -2.16. The van der Waals surface area contributed by atoms with E-state index in [1.807, 2.05) is 27.0 Å². The Bertz CT molecular complexity index is 523. The summed E-state index contributed by atoms with van der Waals surface area (Å²) in [5.41, 5.74) is 2.91. The van der Waals surface area contributed by atoms with Crippen molar-refractivity contribution in [3.8, 4) is 0 Å². The molecule has 0 heterocycles. The highest BCUT2D eigenvalue weighted by Gasteiger charge is 2.19. The van der Waals surface area contributed by atoms with Crippen molar-refractivity contribution in [1.82, 2.24) is 0 Å². The van der Waals surface area contributed by atoms with Gasteiger partial charge in [0.2, 0.25) is 0 Å². The summed E-state index contributed by atoms with van der Waals surface area (Å²) in [6, 6.07) is 0. The highest BCUT2D eigenvalue weighted by atomic mass is 14.7. The average molecular weight is 519 g/mol. The van der Waals surface area contributed by atoms with Crippen molar-refractivity contribution in [2.45, 2.75) is 158 Å². The Balaban J connectivity index is -0.000000246. The van der Waals surface area contributed by atoms with E-state index < -0.39 is 0 Å². The second kappa shape index (κ2) is 36.7. The predicted octanol–water partition coefficient (Wildman–Crippen LogP) is 12.6. The van der Waals surface area contributed by atoms with Crippen LogP contribution in [0.5, 0.6) is 0 Å². The monoisotopic (exact) mass is 519 g/mol. The van der Waals surface area contributed by atoms with Crippen molar-refractivity contribution >= 4 is 11.4 Å². The highest BCUT2D eigenvalue weighted by Crippen LogP contribution is 2.32. The maximum absolute atomic E-state index is 8.22. The number of hydrogen-bond donors (Lipinski definition) is 1. The van der Waals surface area contributed by atoms with Crippen LogP contribution in [0.25, 0.3) is 0 Å². The van der Waals surface area contributed by atoms with Gasteiger partial charge in [-0.1, -0.05) is 132 Å². The third kappa shape index (κ3) is 29.0. The Labute approximate surface area is 236 Å². The number of aliphatic imine (C=N–C) groups is 1. The van der Waals surface area contributed by atoms with Gasteiger partial charge < -0.3 is 5.41 Å². The van der Waals surface area contributed by atoms with Crippen molar-refractivity contribution < 1.29 is 0 Å². The normalized spacial score (nSPS) is 12.8. The Morgan fingerprint density at radius 3 is 1.76 bits per heavy atom. The lowest BCUT2D eigenvalue weighted by atomic mass is 9.78. The fraction of sp³-hybridized carbons (Fsp3) is 0.771. The van der Waals surface area contributed by atoms with Crippen LogP contribution in [0.3, 0.4) is 0 Å². The molecule has 0 unspecified atom stereocenters. The number of rotatable bonds is 16. The lowest BCUT2D eigenvalue weighted by Gasteiger charge is -2.28. The summed E-state index contributed by atoms with van der Waals surface area (Å²) < 4.78 is 0. The third-order valence-electron chi connectivity index (χ3n) is 6.51. The smallest absolute Gasteiger partial charge is 0.0807 e. The van der Waals surface area contributed by atoms with Gasteiger partial charge in [-0.05, 0) is 55.9 Å². The van der Waals surface area contributed by atoms with Crippen LogP contribution in [-0.2, 0) is 0 Å². The molecule has 0 aromatic heterocycles. The molecule has 220 valence electrons. The zero-order valence-electron chi connectivity index (χ0n) is 27.2. The molecule has 1 aliphatic rings. The van der Waals surface area contributed by atoms with Gasteiger partial charge in [0.15, 0.2) is 0 Å². The largest absolute Gasteiger partial charge is 0.303 e. The molecule has 1 saturated carbocycles. The second-order valence-electron chi connectivity index (χ2n) is 9.81. The predicted molar refractivity (Wildman–Crippen MR) is 177 cm³/mol. The van der Waals surface area contributed by atoms with Gasteiger partial charge in [0.05, 0.1) is 11.4 Å². The Hall–Kier alpha value is -1.44. The third-order valence-corrected chi connectivity index (χ3v) is 6.51. The van der Waals surface area contributed by atoms with Crippen molar-refractivity contribution in [1.29, 1.82) is 5.41 Å². The molecular weight excluding hydrogens is 448 g/mol. The van der Waals surface area contributed by atoms with E-state index in [0.717, 1.165) is 55.4 Å². The van der Waals surface area contributed by atoms with Crippen molar-refractivity contribution in [3.63, 3.8) is 0 Å². The molecule has 1 aliphatic carbocycles. The molecular formula is C35H70N2. The molecule has 2 heteroatoms. The molecule has 1 rings (SSSR count). The number of nitrogens with one attached hydrogen (secondary N) is 1. The van der Waals surface area contributed by atoms with Gasteiger partial charge in [0, 0.05) is 7.05 Å². The summed E-state index contributed by atoms with van der Waals surface area (Å²) in [6.07, 6.45) is 24.3. The maximum atomic E-state index is 8.22. The summed E-state index contributed by atoms with van der Waals surface area (Å²) in [5, 5.41) is 8.22. The van der Waals surface area contributed by atoms with Crippen LogP contribution >= 0.6 is 0 Å². The molecule has 37 heavy (non-hydrogen) atoms. The Morgan fingerprint density at radius 1 is 0.865 bits per heavy atom. The van der Waals surface area contributed by atoms with Crippen LogP contribution in [-0.4, -0.2) is 18.5 Å². The van der Waals surface area contributed by atoms with Crippen molar-refractivity contribution in [2.75, 3.05) is 7.05 Å². The summed E-state index contributed by atoms with van der Waals surface area (Å²) in [6.45, 7) is 27.1. The van der Waals surface area contributed by atoms with Gasteiger partial charge in [-0.15, -0.1) is 19.7 Å². The highest BCUT2D eigenvalue weighted by molar-refractivity contribution is 6.47. The number of allylic oxidation sites excluding steroid dienone is 3. The van der Waals surface area contributed by atoms with Gasteiger partial charge in [-0.2, -0.15) is 0 Å². The zero-order valence-corrected chi connectivity index (χ0v) is 27.2. The summed E-state index contributed by atoms with van der Waals surface area (Å²) in [5.74, 6) is 2.04. The fourth-order valence-corrected chi connectivity index (χ4v) is 3.87. The molecule has 0 bridgehead atoms. The van der Waals surface area contributed by atoms with Crippen LogP contribution < -0.4 is 0 Å². The molecule has 0 atom stereocenters. The van der Waals surface area contributed by atoms with Gasteiger partial charge in [-0.3, -0.25) is 4.99 Å². The average Bonchev–Trinajstić information content (AvgIpc) is 2.88. The zero-order chi connectivity index (χ0) is 29.3. The van der Waals surface area contributed by atoms with E-state index in [4.69, 9.17) is 5.41 Å². The van der Waals surface area contributed by atoms with Gasteiger partial charge in [0.25, 0.3) is 0 Å². The standard InChI is InChI=1S/C17H32N2.2C7H14.C2H6.C2H4/c1-5-8-10-11-12-14-16(18)17(19-4)15(7-3)13-9-6-2;1-6(2)7-4-3-5-7;1-3-5-7-6-4-2;2*1-2/h13,18H,5-12,14H2,1-4H3;6-7H,3-5H2,1-2H3;3H,1,4-7H2,2H3;1-2H3;1-2H2/b15-13+,18-16?,19-17?;;;;. The first-order valence-electron chi connectivity index (χ1n) is 15.8. The minimum atomic E-state index is 0.725. The van der Waals surface area contributed by atoms with Crippen LogP contribution in [0.15, 0.2) is 42.5 Å². The first-order valence-corrected chi connectivity index (χ1v) is 15.8. The molecule has 0 radical (unpaired) electrons. The fourth-order valence-electron chi connectivity index (χ4n) is 3.87. The number of nitrogens with zero attached hydrogens (tertiary/aromatic N) is 1. The number of hydrogen-bond acceptors (Lipinski definition) is 2. The molecule has 0 spiro atoms. The summed E-state index contributed by atoms with van der Waals surface area (Å²) in [7, 11) is 1.82. The number of unbranched alkanes of at least 4 members (excludes halogenated alkanes) is 8. The van der Waals surface area contributed by atoms with Crippen LogP contribution in [0.4, 0.5) is 0 Å². The summed E-state index contributed by atoms with van der Waals surface area (Å²) >= 11 is 0. The van der Waals surface area contributed by atoms with E-state index in [9.17, 15) is 0 Å². The Kier molecular flexibility index (Phi) is 42.3. The van der Waals surface area contributed by atoms with E-state index in [2.05, 4.69) is 72.3 Å². The molecule has 0 amide bonds. The maximum Gasteiger partial charge on any atom is 0.0807 e. The molecule has 0 aromatic carbocycles. The Morgan fingerprint density at radius 2 is 1.41 bits per heavy atom. The molecule has 2 nitrogen and oxygen atoms in total. The van der Waals surface area contributed by atoms with Gasteiger partial charge in [0.1, 0.15) is 0 Å². The van der Waals surface area contributed by atoms with Gasteiger partial charge in [-0.25, -0.2) is 0 Å². The first-order chi connectivity index (χ1) is 17.9. The molecule has 1 fully saturated rings. The van der Waals surface area contributed by atoms with E-state index in [-0.39, 0.29) is 0 Å². The van der Waals surface area contributed by atoms with Crippen molar-refractivity contribution in [2.24, 2.45) is 16.8 Å². The van der Waals surface area contributed by atoms with Crippen molar-refractivity contribution in [3.05, 3.63) is 37.5 Å². The minimum Gasteiger partial charge on any atom is -0.303 e. The van der Waals surface area contributed by atoms with E-state index in [1.165, 1.54) is 76.2 Å². The topological polar surface area (TPSA) is 36.2 Å². The second-order valence-corrected chi connectivity index (χ2v) is 9.81. The molecule has 0 aromatic rings. The SMILES string of the molecule is C=C.C=CCCCCC.CC.CC(C)C1CCC1.CCC/C=C(\CC)C(=NC)C(=N)CCCCCCC.